The summed E-state index contributed by atoms with van der Waals surface area (Å²) >= 11 is 4.39. The normalized spacial score (nSPS) is 22.0. The molecule has 0 radical (unpaired) electrons. The highest BCUT2D eigenvalue weighted by molar-refractivity contribution is 7.80. The van der Waals surface area contributed by atoms with E-state index in [9.17, 15) is 4.79 Å². The van der Waals surface area contributed by atoms with Crippen LogP contribution in [-0.2, 0) is 6.54 Å². The predicted octanol–water partition coefficient (Wildman–Crippen LogP) is 2.19. The maximum atomic E-state index is 12.2. The first-order valence-corrected chi connectivity index (χ1v) is 8.18. The minimum absolute atomic E-state index is 0.0224. The van der Waals surface area contributed by atoms with Gasteiger partial charge in [0.1, 0.15) is 0 Å². The van der Waals surface area contributed by atoms with E-state index in [0.29, 0.717) is 6.54 Å². The molecule has 0 spiro atoms. The van der Waals surface area contributed by atoms with Crippen molar-refractivity contribution in [2.45, 2.75) is 39.2 Å². The highest BCUT2D eigenvalue weighted by atomic mass is 32.1. The zero-order valence-electron chi connectivity index (χ0n) is 12.1. The molecule has 0 unspecified atom stereocenters. The quantitative estimate of drug-likeness (QED) is 0.865. The van der Waals surface area contributed by atoms with Gasteiger partial charge in [0.25, 0.3) is 5.56 Å². The van der Waals surface area contributed by atoms with Crippen LogP contribution in [0.3, 0.4) is 0 Å². The van der Waals surface area contributed by atoms with E-state index in [2.05, 4.69) is 29.6 Å². The van der Waals surface area contributed by atoms with Crippen LogP contribution in [0, 0.1) is 11.3 Å². The molecular weight excluding hydrogens is 270 g/mol. The summed E-state index contributed by atoms with van der Waals surface area (Å²) < 4.78 is 1.61. The van der Waals surface area contributed by atoms with Gasteiger partial charge >= 0.3 is 0 Å². The molecule has 2 aliphatic rings. The third kappa shape index (κ3) is 2.87. The van der Waals surface area contributed by atoms with Gasteiger partial charge in [-0.2, -0.15) is 17.7 Å². The summed E-state index contributed by atoms with van der Waals surface area (Å²) in [4.78, 5) is 14.5. The van der Waals surface area contributed by atoms with Crippen LogP contribution in [-0.4, -0.2) is 28.6 Å². The van der Waals surface area contributed by atoms with Crippen molar-refractivity contribution >= 4 is 18.3 Å². The number of thiol groups is 1. The summed E-state index contributed by atoms with van der Waals surface area (Å²) in [5, 5.41) is 4.37. The first-order chi connectivity index (χ1) is 9.62. The lowest BCUT2D eigenvalue weighted by Gasteiger charge is -2.31. The van der Waals surface area contributed by atoms with Crippen LogP contribution in [0.4, 0.5) is 5.69 Å². The average Bonchev–Trinajstić information content (AvgIpc) is 3.22. The molecule has 110 valence electrons. The highest BCUT2D eigenvalue weighted by Crippen LogP contribution is 2.47. The molecule has 0 amide bonds. The largest absolute Gasteiger partial charge is 0.370 e. The van der Waals surface area contributed by atoms with Crippen molar-refractivity contribution in [3.05, 3.63) is 22.6 Å². The molecule has 2 heterocycles. The zero-order valence-corrected chi connectivity index (χ0v) is 13.0. The van der Waals surface area contributed by atoms with Gasteiger partial charge in [-0.3, -0.25) is 4.79 Å². The van der Waals surface area contributed by atoms with Crippen molar-refractivity contribution in [3.8, 4) is 0 Å². The van der Waals surface area contributed by atoms with Crippen molar-refractivity contribution in [2.75, 3.05) is 23.7 Å². The van der Waals surface area contributed by atoms with Gasteiger partial charge in [0.05, 0.1) is 18.4 Å². The third-order valence-corrected chi connectivity index (χ3v) is 5.45. The summed E-state index contributed by atoms with van der Waals surface area (Å²) in [6.45, 7) is 5.08. The Morgan fingerprint density at radius 3 is 2.65 bits per heavy atom. The Kier molecular flexibility index (Phi) is 3.80. The lowest BCUT2D eigenvalue weighted by Crippen LogP contribution is -2.35. The number of piperidine rings is 1. The topological polar surface area (TPSA) is 38.1 Å². The molecule has 0 bridgehead atoms. The minimum Gasteiger partial charge on any atom is -0.370 e. The molecule has 1 aliphatic heterocycles. The van der Waals surface area contributed by atoms with E-state index in [1.54, 1.807) is 10.7 Å². The summed E-state index contributed by atoms with van der Waals surface area (Å²) in [6.07, 6.45) is 6.58. The molecule has 1 aromatic heterocycles. The fraction of sp³-hybridized carbons (Fsp3) is 0.733. The lowest BCUT2D eigenvalue weighted by atomic mass is 9.99. The van der Waals surface area contributed by atoms with E-state index in [0.717, 1.165) is 43.3 Å². The maximum absolute atomic E-state index is 12.2. The Balaban J connectivity index is 1.72. The fourth-order valence-electron chi connectivity index (χ4n) is 2.84. The summed E-state index contributed by atoms with van der Waals surface area (Å²) in [5.74, 6) is 1.64. The van der Waals surface area contributed by atoms with Gasteiger partial charge in [0.2, 0.25) is 0 Å². The van der Waals surface area contributed by atoms with Crippen LogP contribution in [0.1, 0.15) is 32.6 Å². The molecule has 4 nitrogen and oxygen atoms in total. The van der Waals surface area contributed by atoms with E-state index in [1.165, 1.54) is 12.8 Å². The standard InChI is InChI=1S/C15H23N3OS/c1-12-2-6-17(7-3-12)13-8-14(19)18(16-9-13)10-15(11-20)4-5-15/h8-9,12,20H,2-7,10-11H2,1H3. The minimum atomic E-state index is 0.0224. The Morgan fingerprint density at radius 1 is 1.40 bits per heavy atom. The van der Waals surface area contributed by atoms with Crippen LogP contribution in [0.25, 0.3) is 0 Å². The van der Waals surface area contributed by atoms with Crippen LogP contribution < -0.4 is 10.5 Å². The van der Waals surface area contributed by atoms with E-state index >= 15 is 0 Å². The average molecular weight is 293 g/mol. The molecule has 2 fully saturated rings. The molecule has 1 aromatic rings. The molecule has 3 rings (SSSR count). The van der Waals surface area contributed by atoms with Crippen LogP contribution in [0.15, 0.2) is 17.1 Å². The second-order valence-electron chi connectivity index (χ2n) is 6.54. The number of aromatic nitrogens is 2. The molecular formula is C15H23N3OS. The monoisotopic (exact) mass is 293 g/mol. The number of anilines is 1. The number of hydrogen-bond donors (Lipinski definition) is 1. The van der Waals surface area contributed by atoms with Crippen LogP contribution in [0.5, 0.6) is 0 Å². The first kappa shape index (κ1) is 14.0. The van der Waals surface area contributed by atoms with Crippen molar-refractivity contribution in [2.24, 2.45) is 11.3 Å². The van der Waals surface area contributed by atoms with Crippen molar-refractivity contribution in [1.29, 1.82) is 0 Å². The van der Waals surface area contributed by atoms with Crippen LogP contribution in [0.2, 0.25) is 0 Å². The van der Waals surface area contributed by atoms with Gasteiger partial charge in [-0.25, -0.2) is 4.68 Å². The Labute approximate surface area is 125 Å². The fourth-order valence-corrected chi connectivity index (χ4v) is 3.26. The third-order valence-electron chi connectivity index (χ3n) is 4.78. The van der Waals surface area contributed by atoms with Crippen molar-refractivity contribution < 1.29 is 0 Å². The van der Waals surface area contributed by atoms with Gasteiger partial charge in [-0.05, 0) is 42.8 Å². The van der Waals surface area contributed by atoms with Crippen molar-refractivity contribution in [1.82, 2.24) is 9.78 Å². The van der Waals surface area contributed by atoms with Gasteiger partial charge < -0.3 is 4.90 Å². The molecule has 1 aliphatic carbocycles. The Hall–Kier alpha value is -0.970. The Bertz CT molecular complexity index is 530. The van der Waals surface area contributed by atoms with E-state index in [4.69, 9.17) is 0 Å². The maximum Gasteiger partial charge on any atom is 0.268 e. The first-order valence-electron chi connectivity index (χ1n) is 7.55. The molecule has 5 heteroatoms. The second kappa shape index (κ2) is 5.43. The number of rotatable bonds is 4. The lowest BCUT2D eigenvalue weighted by molar-refractivity contribution is 0.420. The number of hydrogen-bond acceptors (Lipinski definition) is 4. The highest BCUT2D eigenvalue weighted by Gasteiger charge is 2.42. The van der Waals surface area contributed by atoms with E-state index in [1.807, 2.05) is 6.20 Å². The number of nitrogens with zero attached hydrogens (tertiary/aromatic N) is 3. The summed E-state index contributed by atoms with van der Waals surface area (Å²) in [6, 6.07) is 1.75. The molecule has 1 saturated carbocycles. The zero-order chi connectivity index (χ0) is 14.2. The molecule has 0 atom stereocenters. The van der Waals surface area contributed by atoms with Gasteiger partial charge in [0, 0.05) is 19.2 Å². The van der Waals surface area contributed by atoms with Gasteiger partial charge in [0.15, 0.2) is 0 Å². The summed E-state index contributed by atoms with van der Waals surface area (Å²) in [5.41, 5.74) is 1.23. The van der Waals surface area contributed by atoms with Crippen molar-refractivity contribution in [3.63, 3.8) is 0 Å². The van der Waals surface area contributed by atoms with Crippen LogP contribution >= 0.6 is 12.6 Å². The second-order valence-corrected chi connectivity index (χ2v) is 6.85. The molecule has 0 aromatic carbocycles. The predicted molar refractivity (Wildman–Crippen MR) is 84.6 cm³/mol. The SMILES string of the molecule is CC1CCN(c2cnn(CC3(CS)CC3)c(=O)c2)CC1. The Morgan fingerprint density at radius 2 is 2.10 bits per heavy atom. The molecule has 20 heavy (non-hydrogen) atoms. The molecule has 0 N–H and O–H groups in total. The van der Waals surface area contributed by atoms with E-state index in [-0.39, 0.29) is 11.0 Å². The van der Waals surface area contributed by atoms with Gasteiger partial charge in [-0.15, -0.1) is 0 Å². The van der Waals surface area contributed by atoms with E-state index < -0.39 is 0 Å². The smallest absolute Gasteiger partial charge is 0.268 e. The summed E-state index contributed by atoms with van der Waals surface area (Å²) in [7, 11) is 0. The molecule has 1 saturated heterocycles. The van der Waals surface area contributed by atoms with Gasteiger partial charge in [-0.1, -0.05) is 6.92 Å².